The monoisotopic (exact) mass is 261 g/mol. The number of aromatic amines is 1. The molecule has 2 atom stereocenters. The number of carbonyl (C=O) groups is 1. The molecule has 0 saturated heterocycles. The molecule has 0 aromatic carbocycles. The van der Waals surface area contributed by atoms with Gasteiger partial charge < -0.3 is 15.4 Å². The number of carbonyl (C=O) groups excluding carboxylic acids is 1. The third-order valence-corrected chi connectivity index (χ3v) is 3.14. The van der Waals surface area contributed by atoms with Crippen molar-refractivity contribution in [2.24, 2.45) is 0 Å². The van der Waals surface area contributed by atoms with E-state index in [4.69, 9.17) is 5.73 Å². The second-order valence-corrected chi connectivity index (χ2v) is 4.64. The summed E-state index contributed by atoms with van der Waals surface area (Å²) in [5.74, 6) is -0.359. The zero-order chi connectivity index (χ0) is 13.8. The van der Waals surface area contributed by atoms with Gasteiger partial charge in [-0.25, -0.2) is 4.98 Å². The Morgan fingerprint density at radius 2 is 2.26 bits per heavy atom. The van der Waals surface area contributed by atoms with Crippen LogP contribution in [0.5, 0.6) is 0 Å². The van der Waals surface area contributed by atoms with Crippen LogP contribution in [-0.4, -0.2) is 36.0 Å². The molecule has 0 saturated carbocycles. The van der Waals surface area contributed by atoms with Gasteiger partial charge >= 0.3 is 0 Å². The summed E-state index contributed by atoms with van der Waals surface area (Å²) in [6.45, 7) is 1.50. The number of nitrogens with two attached hydrogens (primary N) is 1. The Balaban J connectivity index is 2.27. The number of rotatable bonds is 1. The number of hydrogen-bond acceptors (Lipinski definition) is 6. The van der Waals surface area contributed by atoms with Gasteiger partial charge in [-0.15, -0.1) is 0 Å². The van der Waals surface area contributed by atoms with Crippen LogP contribution in [0.4, 0.5) is 5.95 Å². The van der Waals surface area contributed by atoms with Crippen molar-refractivity contribution in [1.29, 1.82) is 0 Å². The van der Waals surface area contributed by atoms with Crippen molar-refractivity contribution in [3.05, 3.63) is 28.8 Å². The normalized spacial score (nSPS) is 26.4. The number of ketones is 1. The van der Waals surface area contributed by atoms with Crippen LogP contribution in [0.15, 0.2) is 23.3 Å². The van der Waals surface area contributed by atoms with Crippen molar-refractivity contribution in [2.75, 3.05) is 5.73 Å². The van der Waals surface area contributed by atoms with Crippen LogP contribution >= 0.6 is 0 Å². The molecule has 8 heteroatoms. The van der Waals surface area contributed by atoms with Crippen LogP contribution in [0.25, 0.3) is 11.2 Å². The van der Waals surface area contributed by atoms with Crippen LogP contribution in [-0.2, 0) is 4.79 Å². The highest BCUT2D eigenvalue weighted by molar-refractivity contribution is 5.98. The van der Waals surface area contributed by atoms with Gasteiger partial charge in [0.25, 0.3) is 5.56 Å². The number of fused-ring (bicyclic) bond motifs is 1. The lowest BCUT2D eigenvalue weighted by molar-refractivity contribution is -0.120. The Kier molecular flexibility index (Phi) is 2.14. The topological polar surface area (TPSA) is 127 Å². The summed E-state index contributed by atoms with van der Waals surface area (Å²) in [6, 6.07) is -0.897. The van der Waals surface area contributed by atoms with E-state index in [1.807, 2.05) is 0 Å². The van der Waals surface area contributed by atoms with E-state index < -0.39 is 17.2 Å². The van der Waals surface area contributed by atoms with E-state index >= 15 is 0 Å². The first-order valence-corrected chi connectivity index (χ1v) is 5.58. The molecule has 8 nitrogen and oxygen atoms in total. The maximum Gasteiger partial charge on any atom is 0.280 e. The Hall–Kier alpha value is -2.48. The molecule has 3 rings (SSSR count). The molecule has 0 amide bonds. The van der Waals surface area contributed by atoms with Crippen LogP contribution in [0.2, 0.25) is 0 Å². The fourth-order valence-electron chi connectivity index (χ4n) is 2.27. The molecular formula is C11H11N5O3. The zero-order valence-electron chi connectivity index (χ0n) is 9.99. The van der Waals surface area contributed by atoms with E-state index in [9.17, 15) is 14.7 Å². The third-order valence-electron chi connectivity index (χ3n) is 3.14. The maximum absolute atomic E-state index is 11.9. The fourth-order valence-corrected chi connectivity index (χ4v) is 2.27. The first-order chi connectivity index (χ1) is 8.90. The van der Waals surface area contributed by atoms with Crippen LogP contribution in [0, 0.1) is 0 Å². The largest absolute Gasteiger partial charge is 0.383 e. The van der Waals surface area contributed by atoms with E-state index in [2.05, 4.69) is 15.0 Å². The van der Waals surface area contributed by atoms with Crippen molar-refractivity contribution in [3.63, 3.8) is 0 Å². The number of hydrogen-bond donors (Lipinski definition) is 3. The minimum atomic E-state index is -1.36. The summed E-state index contributed by atoms with van der Waals surface area (Å²) >= 11 is 0. The van der Waals surface area contributed by atoms with Crippen molar-refractivity contribution < 1.29 is 9.90 Å². The molecule has 0 fully saturated rings. The van der Waals surface area contributed by atoms with Gasteiger partial charge in [-0.3, -0.25) is 14.6 Å². The number of nitrogen functional groups attached to an aromatic ring is 1. The summed E-state index contributed by atoms with van der Waals surface area (Å²) in [5, 5.41) is 10.2. The van der Waals surface area contributed by atoms with Crippen molar-refractivity contribution in [1.82, 2.24) is 19.5 Å². The molecule has 0 bridgehead atoms. The molecule has 2 aromatic heterocycles. The number of aromatic nitrogens is 4. The van der Waals surface area contributed by atoms with Gasteiger partial charge in [-0.2, -0.15) is 4.98 Å². The number of allylic oxidation sites excluding steroid dienone is 1. The minimum Gasteiger partial charge on any atom is -0.383 e. The smallest absolute Gasteiger partial charge is 0.280 e. The zero-order valence-corrected chi connectivity index (χ0v) is 9.99. The molecule has 4 N–H and O–H groups in total. The molecule has 2 aromatic rings. The summed E-state index contributed by atoms with van der Waals surface area (Å²) in [6.07, 6.45) is 4.01. The number of nitrogens with one attached hydrogen (secondary N) is 1. The number of aliphatic hydroxyl groups is 1. The van der Waals surface area contributed by atoms with E-state index in [0.29, 0.717) is 0 Å². The Bertz CT molecular complexity index is 770. The quantitative estimate of drug-likeness (QED) is 0.612. The molecule has 0 spiro atoms. The maximum atomic E-state index is 11.9. The second kappa shape index (κ2) is 3.51. The number of nitrogens with zero attached hydrogens (tertiary/aromatic N) is 3. The van der Waals surface area contributed by atoms with Gasteiger partial charge in [0.1, 0.15) is 11.6 Å². The average molecular weight is 261 g/mol. The van der Waals surface area contributed by atoms with Gasteiger partial charge in [0.2, 0.25) is 5.95 Å². The van der Waals surface area contributed by atoms with Gasteiger partial charge in [-0.1, -0.05) is 0 Å². The third kappa shape index (κ3) is 1.57. The molecule has 0 radical (unpaired) electrons. The molecule has 19 heavy (non-hydrogen) atoms. The summed E-state index contributed by atoms with van der Waals surface area (Å²) < 4.78 is 1.36. The molecule has 2 heterocycles. The average Bonchev–Trinajstić information content (AvgIpc) is 2.81. The predicted octanol–water partition coefficient (Wildman–Crippen LogP) is -0.867. The summed E-state index contributed by atoms with van der Waals surface area (Å²) in [5.41, 5.74) is 3.88. The SMILES string of the molecule is C[C@@]1(O)C=CC(=O)[C@H]1n1cnc2c(=O)[nH]c(N)nc21. The van der Waals surface area contributed by atoms with Crippen molar-refractivity contribution in [3.8, 4) is 0 Å². The van der Waals surface area contributed by atoms with Gasteiger partial charge in [0.05, 0.1) is 6.33 Å². The minimum absolute atomic E-state index is 0.0719. The molecule has 0 unspecified atom stereocenters. The standard InChI is InChI=1S/C11H11N5O3/c1-11(19)3-2-5(17)7(11)16-4-13-6-8(16)14-10(12)15-9(6)18/h2-4,7,19H,1H3,(H3,12,14,15,18)/t7-,11-/m1/s1. The lowest BCUT2D eigenvalue weighted by Gasteiger charge is -2.24. The van der Waals surface area contributed by atoms with Gasteiger partial charge in [0, 0.05) is 0 Å². The van der Waals surface area contributed by atoms with E-state index in [0.717, 1.165) is 0 Å². The molecule has 98 valence electrons. The van der Waals surface area contributed by atoms with Crippen LogP contribution in [0.1, 0.15) is 13.0 Å². The van der Waals surface area contributed by atoms with Gasteiger partial charge in [0.15, 0.2) is 16.9 Å². The first-order valence-electron chi connectivity index (χ1n) is 5.58. The highest BCUT2D eigenvalue weighted by atomic mass is 16.3. The second-order valence-electron chi connectivity index (χ2n) is 4.64. The predicted molar refractivity (Wildman–Crippen MR) is 66.4 cm³/mol. The lowest BCUT2D eigenvalue weighted by Crippen LogP contribution is -2.34. The van der Waals surface area contributed by atoms with Crippen LogP contribution in [0.3, 0.4) is 0 Å². The highest BCUT2D eigenvalue weighted by Crippen LogP contribution is 2.32. The Morgan fingerprint density at radius 3 is 2.89 bits per heavy atom. The molecule has 1 aliphatic carbocycles. The van der Waals surface area contributed by atoms with E-state index in [1.54, 1.807) is 0 Å². The number of anilines is 1. The molecule has 0 aliphatic heterocycles. The Labute approximate surface area is 106 Å². The number of imidazole rings is 1. The van der Waals surface area contributed by atoms with Crippen molar-refractivity contribution in [2.45, 2.75) is 18.6 Å². The summed E-state index contributed by atoms with van der Waals surface area (Å²) in [7, 11) is 0. The van der Waals surface area contributed by atoms with Crippen LogP contribution < -0.4 is 11.3 Å². The number of H-pyrrole nitrogens is 1. The first kappa shape index (κ1) is 11.6. The van der Waals surface area contributed by atoms with E-state index in [-0.39, 0.29) is 22.9 Å². The fraction of sp³-hybridized carbons (Fsp3) is 0.273. The molecular weight excluding hydrogens is 250 g/mol. The summed E-state index contributed by atoms with van der Waals surface area (Å²) in [4.78, 5) is 33.7. The lowest BCUT2D eigenvalue weighted by atomic mass is 10.00. The van der Waals surface area contributed by atoms with E-state index in [1.165, 1.54) is 30.0 Å². The van der Waals surface area contributed by atoms with Gasteiger partial charge in [-0.05, 0) is 19.1 Å². The highest BCUT2D eigenvalue weighted by Gasteiger charge is 2.41. The molecule has 1 aliphatic rings. The Morgan fingerprint density at radius 1 is 1.53 bits per heavy atom. The van der Waals surface area contributed by atoms with Crippen molar-refractivity contribution >= 4 is 22.9 Å².